The van der Waals surface area contributed by atoms with E-state index < -0.39 is 12.1 Å². The summed E-state index contributed by atoms with van der Waals surface area (Å²) >= 11 is 0. The summed E-state index contributed by atoms with van der Waals surface area (Å²) in [6, 6.07) is -0.538. The number of rotatable bonds is 65. The Labute approximate surface area is 475 Å². The Morgan fingerprint density at radius 1 is 0.368 bits per heavy atom. The van der Waals surface area contributed by atoms with Crippen molar-refractivity contribution >= 4 is 11.9 Å². The van der Waals surface area contributed by atoms with Gasteiger partial charge in [0.2, 0.25) is 5.91 Å². The molecule has 0 aromatic rings. The maximum Gasteiger partial charge on any atom is 0.305 e. The van der Waals surface area contributed by atoms with Crippen molar-refractivity contribution in [2.45, 2.75) is 398 Å². The summed E-state index contributed by atoms with van der Waals surface area (Å²) < 4.78 is 5.48. The van der Waals surface area contributed by atoms with Crippen LogP contribution in [0.2, 0.25) is 0 Å². The number of amides is 1. The van der Waals surface area contributed by atoms with Crippen LogP contribution in [0.15, 0.2) is 24.3 Å². The van der Waals surface area contributed by atoms with Gasteiger partial charge in [-0.2, -0.15) is 0 Å². The van der Waals surface area contributed by atoms with Crippen molar-refractivity contribution in [1.29, 1.82) is 0 Å². The normalized spacial score (nSPS) is 12.6. The molecule has 0 saturated heterocycles. The fraction of sp³-hybridized carbons (Fsp3) is 0.914. The number of hydrogen-bond acceptors (Lipinski definition) is 5. The van der Waals surface area contributed by atoms with E-state index in [2.05, 4.69) is 43.5 Å². The van der Waals surface area contributed by atoms with Crippen LogP contribution in [0.1, 0.15) is 386 Å². The first kappa shape index (κ1) is 74.3. The fourth-order valence-corrected chi connectivity index (χ4v) is 11.0. The molecule has 0 radical (unpaired) electrons. The molecular weight excluding hydrogens is 935 g/mol. The number of ether oxygens (including phenoxy) is 1. The Balaban J connectivity index is 3.33. The van der Waals surface area contributed by atoms with E-state index in [1.54, 1.807) is 0 Å². The van der Waals surface area contributed by atoms with Crippen molar-refractivity contribution in [3.8, 4) is 0 Å². The second-order valence-corrected chi connectivity index (χ2v) is 23.9. The summed E-state index contributed by atoms with van der Waals surface area (Å²) in [5.74, 6) is -0.0224. The molecule has 0 bridgehead atoms. The number of hydrogen-bond donors (Lipinski definition) is 3. The number of allylic oxidation sites excluding steroid dienone is 4. The molecule has 6 nitrogen and oxygen atoms in total. The number of aliphatic hydroxyl groups is 2. The van der Waals surface area contributed by atoms with Crippen LogP contribution in [0.5, 0.6) is 0 Å². The van der Waals surface area contributed by atoms with Gasteiger partial charge in [-0.25, -0.2) is 0 Å². The first-order valence-electron chi connectivity index (χ1n) is 34.6. The highest BCUT2D eigenvalue weighted by molar-refractivity contribution is 5.76. The molecule has 0 aromatic heterocycles. The molecule has 2 unspecified atom stereocenters. The van der Waals surface area contributed by atoms with E-state index in [0.717, 1.165) is 51.4 Å². The standard InChI is InChI=1S/C70H135NO5/c1-3-5-7-9-11-13-15-17-35-38-42-46-50-54-58-62-68(73)67(66-72)71-69(74)63-59-55-51-47-43-39-36-33-31-29-27-25-23-21-19-20-22-24-26-28-30-32-34-37-41-45-49-53-57-61-65-76-70(75)64-60-56-52-48-44-40-18-16-14-12-10-8-6-4-2/h10,12,16,18,67-68,72-73H,3-9,11,13-15,17,19-66H2,1-2H3,(H,71,74)/b12-10-,18-16-. The molecule has 0 saturated carbocycles. The monoisotopic (exact) mass is 1070 g/mol. The van der Waals surface area contributed by atoms with Gasteiger partial charge in [-0.1, -0.05) is 346 Å². The highest BCUT2D eigenvalue weighted by atomic mass is 16.5. The Hall–Kier alpha value is -1.66. The molecule has 0 aliphatic carbocycles. The molecule has 0 fully saturated rings. The number of carbonyl (C=O) groups excluding carboxylic acids is 2. The second kappa shape index (κ2) is 65.9. The number of nitrogens with one attached hydrogen (secondary N) is 1. The molecular formula is C70H135NO5. The summed E-state index contributed by atoms with van der Waals surface area (Å²) in [5.41, 5.74) is 0. The third-order valence-electron chi connectivity index (χ3n) is 16.3. The van der Waals surface area contributed by atoms with Gasteiger partial charge in [0.05, 0.1) is 25.4 Å². The van der Waals surface area contributed by atoms with Crippen LogP contribution < -0.4 is 5.32 Å². The SMILES string of the molecule is CCCC/C=C\C/C=C\CCCCCCCC(=O)OCCCCCCCCCCCCCCCCCCCCCCCCCCCCCCCCC(=O)NC(CO)C(O)CCCCCCCCCCCCCCCCC. The maximum atomic E-state index is 12.5. The lowest BCUT2D eigenvalue weighted by molar-refractivity contribution is -0.143. The molecule has 450 valence electrons. The fourth-order valence-electron chi connectivity index (χ4n) is 11.0. The van der Waals surface area contributed by atoms with Crippen LogP contribution in [-0.4, -0.2) is 47.4 Å². The minimum Gasteiger partial charge on any atom is -0.466 e. The Morgan fingerprint density at radius 2 is 0.671 bits per heavy atom. The van der Waals surface area contributed by atoms with Crippen LogP contribution in [0.25, 0.3) is 0 Å². The van der Waals surface area contributed by atoms with Crippen molar-refractivity contribution in [3.05, 3.63) is 24.3 Å². The molecule has 0 aliphatic rings. The second-order valence-electron chi connectivity index (χ2n) is 23.9. The minimum atomic E-state index is -0.661. The van der Waals surface area contributed by atoms with E-state index in [1.165, 1.54) is 302 Å². The molecule has 1 amide bonds. The van der Waals surface area contributed by atoms with E-state index in [0.29, 0.717) is 25.9 Å². The van der Waals surface area contributed by atoms with Crippen LogP contribution in [0.4, 0.5) is 0 Å². The lowest BCUT2D eigenvalue weighted by atomic mass is 10.0. The summed E-state index contributed by atoms with van der Waals surface area (Å²) in [4.78, 5) is 24.6. The van der Waals surface area contributed by atoms with Crippen molar-refractivity contribution in [3.63, 3.8) is 0 Å². The summed E-state index contributed by atoms with van der Waals surface area (Å²) in [6.07, 6.45) is 82.3. The van der Waals surface area contributed by atoms with Crippen molar-refractivity contribution in [2.75, 3.05) is 13.2 Å². The van der Waals surface area contributed by atoms with Crippen molar-refractivity contribution in [1.82, 2.24) is 5.32 Å². The van der Waals surface area contributed by atoms with Gasteiger partial charge < -0.3 is 20.3 Å². The summed E-state index contributed by atoms with van der Waals surface area (Å²) in [5, 5.41) is 23.3. The largest absolute Gasteiger partial charge is 0.466 e. The zero-order valence-corrected chi connectivity index (χ0v) is 51.5. The third-order valence-corrected chi connectivity index (χ3v) is 16.3. The maximum absolute atomic E-state index is 12.5. The first-order chi connectivity index (χ1) is 37.5. The predicted molar refractivity (Wildman–Crippen MR) is 333 cm³/mol. The van der Waals surface area contributed by atoms with Gasteiger partial charge in [-0.15, -0.1) is 0 Å². The zero-order chi connectivity index (χ0) is 55.0. The van der Waals surface area contributed by atoms with Gasteiger partial charge in [-0.05, 0) is 51.4 Å². The average Bonchev–Trinajstić information content (AvgIpc) is 3.42. The molecule has 0 rings (SSSR count). The highest BCUT2D eigenvalue weighted by Gasteiger charge is 2.20. The van der Waals surface area contributed by atoms with Gasteiger partial charge in [0.25, 0.3) is 0 Å². The molecule has 76 heavy (non-hydrogen) atoms. The molecule has 0 aliphatic heterocycles. The van der Waals surface area contributed by atoms with Crippen molar-refractivity contribution in [2.24, 2.45) is 0 Å². The predicted octanol–water partition coefficient (Wildman–Crippen LogP) is 22.1. The first-order valence-corrected chi connectivity index (χ1v) is 34.6. The molecule has 0 aromatic carbocycles. The third kappa shape index (κ3) is 61.6. The Bertz CT molecular complexity index is 1190. The van der Waals surface area contributed by atoms with E-state index in [1.807, 2.05) is 0 Å². The van der Waals surface area contributed by atoms with Gasteiger partial charge in [0, 0.05) is 12.8 Å². The number of carbonyl (C=O) groups is 2. The number of aliphatic hydroxyl groups excluding tert-OH is 2. The van der Waals surface area contributed by atoms with Crippen molar-refractivity contribution < 1.29 is 24.5 Å². The lowest BCUT2D eigenvalue weighted by Crippen LogP contribution is -2.45. The molecule has 0 spiro atoms. The van der Waals surface area contributed by atoms with E-state index in [-0.39, 0.29) is 18.5 Å². The quantitative estimate of drug-likeness (QED) is 0.0320. The topological polar surface area (TPSA) is 95.9 Å². The summed E-state index contributed by atoms with van der Waals surface area (Å²) in [6.45, 7) is 4.94. The summed E-state index contributed by atoms with van der Waals surface area (Å²) in [7, 11) is 0. The Morgan fingerprint density at radius 3 is 1.04 bits per heavy atom. The van der Waals surface area contributed by atoms with Gasteiger partial charge >= 0.3 is 5.97 Å². The molecule has 0 heterocycles. The minimum absolute atomic E-state index is 0.00592. The molecule has 2 atom stereocenters. The van der Waals surface area contributed by atoms with Gasteiger partial charge in [0.15, 0.2) is 0 Å². The van der Waals surface area contributed by atoms with E-state index in [9.17, 15) is 19.8 Å². The van der Waals surface area contributed by atoms with Crippen LogP contribution in [0.3, 0.4) is 0 Å². The number of unbranched alkanes of at least 4 members (excludes halogenated alkanes) is 50. The van der Waals surface area contributed by atoms with Gasteiger partial charge in [0.1, 0.15) is 0 Å². The van der Waals surface area contributed by atoms with E-state index >= 15 is 0 Å². The molecule has 3 N–H and O–H groups in total. The van der Waals surface area contributed by atoms with E-state index in [4.69, 9.17) is 4.74 Å². The highest BCUT2D eigenvalue weighted by Crippen LogP contribution is 2.19. The average molecular weight is 1070 g/mol. The lowest BCUT2D eigenvalue weighted by Gasteiger charge is -2.22. The van der Waals surface area contributed by atoms with Crippen LogP contribution in [-0.2, 0) is 14.3 Å². The number of esters is 1. The zero-order valence-electron chi connectivity index (χ0n) is 51.5. The van der Waals surface area contributed by atoms with Crippen LogP contribution >= 0.6 is 0 Å². The smallest absolute Gasteiger partial charge is 0.305 e. The van der Waals surface area contributed by atoms with Gasteiger partial charge in [-0.3, -0.25) is 9.59 Å². The van der Waals surface area contributed by atoms with Crippen LogP contribution in [0, 0.1) is 0 Å². The molecule has 6 heteroatoms. The Kier molecular flexibility index (Phi) is 64.4.